The van der Waals surface area contributed by atoms with E-state index < -0.39 is 29.1 Å². The summed E-state index contributed by atoms with van der Waals surface area (Å²) in [6.07, 6.45) is 4.21. The van der Waals surface area contributed by atoms with Crippen LogP contribution in [-0.2, 0) is 38.6 Å². The first kappa shape index (κ1) is 29.4. The van der Waals surface area contributed by atoms with E-state index in [1.54, 1.807) is 19.1 Å². The van der Waals surface area contributed by atoms with Crippen LogP contribution in [-0.4, -0.2) is 60.6 Å². The van der Waals surface area contributed by atoms with E-state index in [1.165, 1.54) is 0 Å². The molecule has 1 spiro atoms. The number of ether oxygens (including phenoxy) is 3. The summed E-state index contributed by atoms with van der Waals surface area (Å²) in [5, 5.41) is 6.05. The number of likely N-dealkylation sites (tertiary alicyclic amines) is 1. The predicted octanol–water partition coefficient (Wildman–Crippen LogP) is 3.42. The fraction of sp³-hybridized carbons (Fsp3) is 0.343. The van der Waals surface area contributed by atoms with E-state index in [-0.39, 0.29) is 24.3 Å². The van der Waals surface area contributed by atoms with Gasteiger partial charge in [0.2, 0.25) is 17.7 Å². The van der Waals surface area contributed by atoms with Gasteiger partial charge in [0, 0.05) is 19.6 Å². The number of benzene rings is 3. The third kappa shape index (κ3) is 5.21. The largest absolute Gasteiger partial charge is 0.497 e. The fourth-order valence-electron chi connectivity index (χ4n) is 6.84. The molecule has 5 atom stereocenters. The van der Waals surface area contributed by atoms with Crippen molar-refractivity contribution < 1.29 is 28.6 Å². The quantitative estimate of drug-likeness (QED) is 0.329. The lowest BCUT2D eigenvalue weighted by atomic mass is 9.70. The molecule has 2 bridgehead atoms. The lowest BCUT2D eigenvalue weighted by Crippen LogP contribution is -2.55. The summed E-state index contributed by atoms with van der Waals surface area (Å²) in [6, 6.07) is 23.8. The molecule has 0 saturated carbocycles. The zero-order valence-corrected chi connectivity index (χ0v) is 25.1. The molecule has 3 aromatic carbocycles. The number of hydrogen-bond donors (Lipinski definition) is 2. The highest BCUT2D eigenvalue weighted by Crippen LogP contribution is 2.59. The lowest BCUT2D eigenvalue weighted by Gasteiger charge is -2.33. The Balaban J connectivity index is 1.26. The highest BCUT2D eigenvalue weighted by atomic mass is 16.5. The van der Waals surface area contributed by atoms with Crippen molar-refractivity contribution in [3.05, 3.63) is 108 Å². The molecule has 3 amide bonds. The van der Waals surface area contributed by atoms with Crippen LogP contribution in [0.1, 0.15) is 23.6 Å². The van der Waals surface area contributed by atoms with Gasteiger partial charge in [-0.3, -0.25) is 14.4 Å². The molecular formula is C35H37N3O6. The number of amides is 3. The molecule has 44 heavy (non-hydrogen) atoms. The second-order valence-corrected chi connectivity index (χ2v) is 11.7. The van der Waals surface area contributed by atoms with Crippen molar-refractivity contribution in [2.24, 2.45) is 11.8 Å². The van der Waals surface area contributed by atoms with Crippen molar-refractivity contribution in [1.82, 2.24) is 15.5 Å². The molecule has 0 radical (unpaired) electrons. The molecule has 2 N–H and O–H groups in total. The summed E-state index contributed by atoms with van der Waals surface area (Å²) in [5.74, 6) is -1.02. The van der Waals surface area contributed by atoms with Crippen molar-refractivity contribution in [2.45, 2.75) is 43.7 Å². The lowest BCUT2D eigenvalue weighted by molar-refractivity contribution is -0.145. The standard InChI is InChI=1S/C35H37N3O6/c1-34-18-19-35(44-34)29(28(34)31(39)36-22-25-11-15-27(43-3)16-12-25)33(41)38(20-17-23-9-13-26(42-2)14-10-23)30(35)32(40)37-21-24-7-5-4-6-8-24/h4-16,18-19,28-30H,17,20-22H2,1-3H3,(H,36,39)(H,37,40)/t28-,29-,30+,34+,35-/m0/s1. The van der Waals surface area contributed by atoms with E-state index in [1.807, 2.05) is 97.9 Å². The molecule has 9 nitrogen and oxygen atoms in total. The number of carbonyl (C=O) groups is 3. The summed E-state index contributed by atoms with van der Waals surface area (Å²) in [6.45, 7) is 2.71. The summed E-state index contributed by atoms with van der Waals surface area (Å²) in [4.78, 5) is 43.7. The molecule has 228 valence electrons. The summed E-state index contributed by atoms with van der Waals surface area (Å²) < 4.78 is 17.1. The van der Waals surface area contributed by atoms with Crippen LogP contribution in [0, 0.1) is 11.8 Å². The van der Waals surface area contributed by atoms with Crippen LogP contribution in [0.25, 0.3) is 0 Å². The second kappa shape index (κ2) is 11.8. The Morgan fingerprint density at radius 2 is 1.36 bits per heavy atom. The van der Waals surface area contributed by atoms with Gasteiger partial charge >= 0.3 is 0 Å². The number of nitrogens with one attached hydrogen (secondary N) is 2. The molecule has 2 fully saturated rings. The maximum absolute atomic E-state index is 14.3. The van der Waals surface area contributed by atoms with Crippen LogP contribution in [0.4, 0.5) is 0 Å². The fourth-order valence-corrected chi connectivity index (χ4v) is 6.84. The first-order chi connectivity index (χ1) is 21.3. The van der Waals surface area contributed by atoms with Gasteiger partial charge in [-0.15, -0.1) is 0 Å². The van der Waals surface area contributed by atoms with Crippen molar-refractivity contribution in [3.63, 3.8) is 0 Å². The van der Waals surface area contributed by atoms with Crippen LogP contribution in [0.5, 0.6) is 11.5 Å². The summed E-state index contributed by atoms with van der Waals surface area (Å²) >= 11 is 0. The van der Waals surface area contributed by atoms with E-state index >= 15 is 0 Å². The maximum atomic E-state index is 14.3. The van der Waals surface area contributed by atoms with Gasteiger partial charge in [0.25, 0.3) is 0 Å². The third-order valence-electron chi connectivity index (χ3n) is 9.06. The Kier molecular flexibility index (Phi) is 7.90. The average molecular weight is 596 g/mol. The number of fused-ring (bicyclic) bond motifs is 1. The Hall–Kier alpha value is -4.63. The second-order valence-electron chi connectivity index (χ2n) is 11.7. The van der Waals surface area contributed by atoms with E-state index in [9.17, 15) is 14.4 Å². The number of carbonyl (C=O) groups excluding carboxylic acids is 3. The van der Waals surface area contributed by atoms with E-state index in [2.05, 4.69) is 10.6 Å². The highest BCUT2D eigenvalue weighted by molar-refractivity contribution is 6.00. The van der Waals surface area contributed by atoms with E-state index in [4.69, 9.17) is 14.2 Å². The molecule has 0 aromatic heterocycles. The van der Waals surface area contributed by atoms with Crippen LogP contribution in [0.2, 0.25) is 0 Å². The van der Waals surface area contributed by atoms with Gasteiger partial charge in [-0.25, -0.2) is 0 Å². The molecular weight excluding hydrogens is 558 g/mol. The molecule has 3 heterocycles. The molecule has 3 aliphatic heterocycles. The Morgan fingerprint density at radius 1 is 0.795 bits per heavy atom. The van der Waals surface area contributed by atoms with Crippen LogP contribution in [0.15, 0.2) is 91.0 Å². The van der Waals surface area contributed by atoms with Crippen LogP contribution < -0.4 is 20.1 Å². The topological polar surface area (TPSA) is 106 Å². The number of methoxy groups -OCH3 is 2. The number of rotatable bonds is 11. The predicted molar refractivity (Wildman–Crippen MR) is 164 cm³/mol. The maximum Gasteiger partial charge on any atom is 0.246 e. The zero-order valence-electron chi connectivity index (χ0n) is 25.1. The molecule has 0 aliphatic carbocycles. The normalized spacial score (nSPS) is 26.4. The van der Waals surface area contributed by atoms with Crippen LogP contribution in [0.3, 0.4) is 0 Å². The van der Waals surface area contributed by atoms with Gasteiger partial charge in [0.15, 0.2) is 0 Å². The zero-order chi connectivity index (χ0) is 30.9. The average Bonchev–Trinajstić information content (AvgIpc) is 3.62. The molecule has 2 saturated heterocycles. The Morgan fingerprint density at radius 3 is 1.98 bits per heavy atom. The highest BCUT2D eigenvalue weighted by Gasteiger charge is 2.76. The van der Waals surface area contributed by atoms with Crippen molar-refractivity contribution in [2.75, 3.05) is 20.8 Å². The molecule has 6 rings (SSSR count). The smallest absolute Gasteiger partial charge is 0.246 e. The van der Waals surface area contributed by atoms with Gasteiger partial charge in [-0.1, -0.05) is 66.7 Å². The minimum Gasteiger partial charge on any atom is -0.497 e. The monoisotopic (exact) mass is 595 g/mol. The molecule has 3 aliphatic rings. The first-order valence-corrected chi connectivity index (χ1v) is 14.8. The van der Waals surface area contributed by atoms with Gasteiger partial charge < -0.3 is 29.7 Å². The van der Waals surface area contributed by atoms with Gasteiger partial charge in [0.1, 0.15) is 23.1 Å². The van der Waals surface area contributed by atoms with Gasteiger partial charge in [-0.2, -0.15) is 0 Å². The Labute approximate surface area is 257 Å². The van der Waals surface area contributed by atoms with Crippen molar-refractivity contribution in [3.8, 4) is 11.5 Å². The van der Waals surface area contributed by atoms with E-state index in [0.29, 0.717) is 19.5 Å². The minimum absolute atomic E-state index is 0.254. The van der Waals surface area contributed by atoms with Crippen molar-refractivity contribution >= 4 is 17.7 Å². The minimum atomic E-state index is -1.26. The molecule has 9 heteroatoms. The molecule has 0 unspecified atom stereocenters. The van der Waals surface area contributed by atoms with E-state index in [0.717, 1.165) is 28.2 Å². The number of hydrogen-bond acceptors (Lipinski definition) is 6. The first-order valence-electron chi connectivity index (χ1n) is 14.8. The van der Waals surface area contributed by atoms with Crippen molar-refractivity contribution in [1.29, 1.82) is 0 Å². The van der Waals surface area contributed by atoms with Crippen LogP contribution >= 0.6 is 0 Å². The van der Waals surface area contributed by atoms with Gasteiger partial charge in [0.05, 0.1) is 31.7 Å². The summed E-state index contributed by atoms with van der Waals surface area (Å²) in [7, 11) is 3.21. The molecule has 3 aromatic rings. The Bertz CT molecular complexity index is 1560. The third-order valence-corrected chi connectivity index (χ3v) is 9.06. The summed E-state index contributed by atoms with van der Waals surface area (Å²) in [5.41, 5.74) is 0.562. The number of nitrogens with zero attached hydrogens (tertiary/aromatic N) is 1. The van der Waals surface area contributed by atoms with Gasteiger partial charge in [-0.05, 0) is 54.3 Å². The SMILES string of the molecule is COc1ccc(CCN2C(=O)[C@@H]3[C@@H](C(=O)NCc4ccc(OC)cc4)[C@@]4(C)C=C[C@@]3(O4)[C@H]2C(=O)NCc2ccccc2)cc1.